The summed E-state index contributed by atoms with van der Waals surface area (Å²) >= 11 is 0. The van der Waals surface area contributed by atoms with Crippen LogP contribution in [0.1, 0.15) is 24.0 Å². The lowest BCUT2D eigenvalue weighted by atomic mass is 9.84. The first-order valence-corrected chi connectivity index (χ1v) is 8.78. The molecule has 130 valence electrons. The van der Waals surface area contributed by atoms with Crippen LogP contribution >= 0.6 is 0 Å². The van der Waals surface area contributed by atoms with Gasteiger partial charge < -0.3 is 5.11 Å². The lowest BCUT2D eigenvalue weighted by Crippen LogP contribution is -2.29. The van der Waals surface area contributed by atoms with Crippen LogP contribution < -0.4 is 0 Å². The lowest BCUT2D eigenvalue weighted by Gasteiger charge is -2.28. The Labute approximate surface area is 155 Å². The van der Waals surface area contributed by atoms with Crippen LogP contribution in [-0.2, 0) is 5.60 Å². The van der Waals surface area contributed by atoms with E-state index in [0.717, 1.165) is 22.5 Å². The van der Waals surface area contributed by atoms with E-state index in [9.17, 15) is 5.11 Å². The van der Waals surface area contributed by atoms with E-state index in [0.29, 0.717) is 12.8 Å². The third-order valence-corrected chi connectivity index (χ3v) is 4.38. The van der Waals surface area contributed by atoms with Gasteiger partial charge >= 0.3 is 0 Å². The molecule has 1 N–H and O–H groups in total. The van der Waals surface area contributed by atoms with Gasteiger partial charge in [0.2, 0.25) is 0 Å². The van der Waals surface area contributed by atoms with Crippen molar-refractivity contribution in [3.05, 3.63) is 115 Å². The van der Waals surface area contributed by atoms with Gasteiger partial charge in [-0.1, -0.05) is 84.9 Å². The molecule has 1 atom stereocenters. The molecular weight excluding hydrogens is 318 g/mol. The van der Waals surface area contributed by atoms with Crippen LogP contribution in [0.15, 0.2) is 109 Å². The maximum atomic E-state index is 11.4. The van der Waals surface area contributed by atoms with Crippen LogP contribution in [0.5, 0.6) is 0 Å². The highest BCUT2D eigenvalue weighted by molar-refractivity contribution is 6.02. The zero-order valence-electron chi connectivity index (χ0n) is 14.8. The van der Waals surface area contributed by atoms with Gasteiger partial charge in [0.05, 0.1) is 17.0 Å². The molecular formula is C24H23NO. The van der Waals surface area contributed by atoms with Crippen molar-refractivity contribution in [1.82, 2.24) is 0 Å². The second-order valence-electron chi connectivity index (χ2n) is 6.33. The van der Waals surface area contributed by atoms with Crippen LogP contribution in [0, 0.1) is 0 Å². The summed E-state index contributed by atoms with van der Waals surface area (Å²) in [4.78, 5) is 4.84. The Hall–Kier alpha value is -2.97. The molecule has 2 nitrogen and oxygen atoms in total. The molecule has 0 fully saturated rings. The van der Waals surface area contributed by atoms with E-state index in [1.807, 2.05) is 91.0 Å². The van der Waals surface area contributed by atoms with Crippen LogP contribution in [0.4, 0.5) is 5.69 Å². The van der Waals surface area contributed by atoms with Gasteiger partial charge in [0.15, 0.2) is 0 Å². The number of nitrogens with zero attached hydrogens (tertiary/aromatic N) is 1. The van der Waals surface area contributed by atoms with E-state index < -0.39 is 5.60 Å². The van der Waals surface area contributed by atoms with Gasteiger partial charge in [0.1, 0.15) is 0 Å². The molecule has 3 aromatic carbocycles. The summed E-state index contributed by atoms with van der Waals surface area (Å²) in [7, 11) is 0. The summed E-state index contributed by atoms with van der Waals surface area (Å²) in [5, 5.41) is 11.4. The van der Waals surface area contributed by atoms with E-state index in [1.165, 1.54) is 0 Å². The highest BCUT2D eigenvalue weighted by Crippen LogP contribution is 2.32. The van der Waals surface area contributed by atoms with Crippen LogP contribution in [0.3, 0.4) is 0 Å². The first-order chi connectivity index (χ1) is 12.7. The van der Waals surface area contributed by atoms with Gasteiger partial charge in [-0.3, -0.25) is 4.99 Å². The molecule has 0 heterocycles. The largest absolute Gasteiger partial charge is 0.384 e. The Morgan fingerprint density at radius 1 is 0.846 bits per heavy atom. The molecule has 0 amide bonds. The van der Waals surface area contributed by atoms with Crippen molar-refractivity contribution in [1.29, 1.82) is 0 Å². The van der Waals surface area contributed by atoms with Gasteiger partial charge in [-0.15, -0.1) is 6.58 Å². The maximum Gasteiger partial charge on any atom is 0.0986 e. The average molecular weight is 341 g/mol. The number of hydrogen-bond acceptors (Lipinski definition) is 2. The minimum Gasteiger partial charge on any atom is -0.384 e. The molecule has 0 spiro atoms. The van der Waals surface area contributed by atoms with Crippen LogP contribution in [0.2, 0.25) is 0 Å². The van der Waals surface area contributed by atoms with Crippen molar-refractivity contribution < 1.29 is 5.11 Å². The Balaban J connectivity index is 2.04. The summed E-state index contributed by atoms with van der Waals surface area (Å²) in [6.45, 7) is 3.84. The first kappa shape index (κ1) is 17.8. The molecule has 0 saturated heterocycles. The summed E-state index contributed by atoms with van der Waals surface area (Å²) < 4.78 is 0. The smallest absolute Gasteiger partial charge is 0.0986 e. The SMILES string of the molecule is C=CCC(O)(CC(=Nc1ccccc1)c1ccccc1)c1ccccc1. The standard InChI is InChI=1S/C24H23NO/c1-2-18-24(26,21-14-8-4-9-15-21)19-23(20-12-6-3-7-13-20)25-22-16-10-5-11-17-22/h2-17,26H,1,18-19H2. The second kappa shape index (κ2) is 8.41. The molecule has 0 saturated carbocycles. The van der Waals surface area contributed by atoms with E-state index in [2.05, 4.69) is 6.58 Å². The van der Waals surface area contributed by atoms with E-state index >= 15 is 0 Å². The van der Waals surface area contributed by atoms with E-state index in [-0.39, 0.29) is 0 Å². The van der Waals surface area contributed by atoms with Crippen molar-refractivity contribution in [3.8, 4) is 0 Å². The van der Waals surface area contributed by atoms with Crippen molar-refractivity contribution in [2.45, 2.75) is 18.4 Å². The van der Waals surface area contributed by atoms with E-state index in [1.54, 1.807) is 6.08 Å². The Kier molecular flexibility index (Phi) is 5.77. The van der Waals surface area contributed by atoms with Crippen LogP contribution in [0.25, 0.3) is 0 Å². The van der Waals surface area contributed by atoms with Gasteiger partial charge in [-0.05, 0) is 29.7 Å². The lowest BCUT2D eigenvalue weighted by molar-refractivity contribution is 0.0477. The topological polar surface area (TPSA) is 32.6 Å². The minimum atomic E-state index is -1.05. The van der Waals surface area contributed by atoms with Crippen molar-refractivity contribution in [2.24, 2.45) is 4.99 Å². The third kappa shape index (κ3) is 4.35. The second-order valence-corrected chi connectivity index (χ2v) is 6.33. The zero-order chi connectivity index (χ0) is 18.2. The first-order valence-electron chi connectivity index (χ1n) is 8.78. The average Bonchev–Trinajstić information content (AvgIpc) is 2.70. The number of benzene rings is 3. The van der Waals surface area contributed by atoms with Gasteiger partial charge in [0, 0.05) is 6.42 Å². The number of hydrogen-bond donors (Lipinski definition) is 1. The molecule has 26 heavy (non-hydrogen) atoms. The maximum absolute atomic E-state index is 11.4. The third-order valence-electron chi connectivity index (χ3n) is 4.38. The fraction of sp³-hybridized carbons (Fsp3) is 0.125. The number of aliphatic imine (C=N–C) groups is 1. The number of para-hydroxylation sites is 1. The summed E-state index contributed by atoms with van der Waals surface area (Å²) in [6, 6.07) is 29.6. The van der Waals surface area contributed by atoms with Gasteiger partial charge in [0.25, 0.3) is 0 Å². The van der Waals surface area contributed by atoms with Gasteiger partial charge in [-0.25, -0.2) is 0 Å². The summed E-state index contributed by atoms with van der Waals surface area (Å²) in [6.07, 6.45) is 2.62. The van der Waals surface area contributed by atoms with Crippen molar-refractivity contribution in [2.75, 3.05) is 0 Å². The molecule has 1 unspecified atom stereocenters. The van der Waals surface area contributed by atoms with Crippen molar-refractivity contribution >= 4 is 11.4 Å². The van der Waals surface area contributed by atoms with Crippen molar-refractivity contribution in [3.63, 3.8) is 0 Å². The number of rotatable bonds is 7. The Morgan fingerprint density at radius 3 is 1.96 bits per heavy atom. The zero-order valence-corrected chi connectivity index (χ0v) is 14.8. The quantitative estimate of drug-likeness (QED) is 0.436. The fourth-order valence-electron chi connectivity index (χ4n) is 3.05. The van der Waals surface area contributed by atoms with Crippen LogP contribution in [-0.4, -0.2) is 10.8 Å². The molecule has 3 rings (SSSR count). The fourth-order valence-corrected chi connectivity index (χ4v) is 3.05. The summed E-state index contributed by atoms with van der Waals surface area (Å²) in [5.41, 5.74) is 2.56. The number of aliphatic hydroxyl groups is 1. The molecule has 2 heteroatoms. The molecule has 0 aliphatic rings. The monoisotopic (exact) mass is 341 g/mol. The molecule has 0 bridgehead atoms. The summed E-state index contributed by atoms with van der Waals surface area (Å²) in [5.74, 6) is 0. The molecule has 0 aliphatic carbocycles. The highest BCUT2D eigenvalue weighted by Gasteiger charge is 2.30. The highest BCUT2D eigenvalue weighted by atomic mass is 16.3. The Bertz CT molecular complexity index is 856. The minimum absolute atomic E-state index is 0.405. The molecule has 0 aromatic heterocycles. The Morgan fingerprint density at radius 2 is 1.38 bits per heavy atom. The molecule has 0 aliphatic heterocycles. The normalized spacial score (nSPS) is 13.8. The predicted molar refractivity (Wildman–Crippen MR) is 109 cm³/mol. The molecule has 3 aromatic rings. The van der Waals surface area contributed by atoms with Gasteiger partial charge in [-0.2, -0.15) is 0 Å². The predicted octanol–water partition coefficient (Wildman–Crippen LogP) is 5.66. The molecule has 0 radical (unpaired) electrons. The van der Waals surface area contributed by atoms with E-state index in [4.69, 9.17) is 4.99 Å².